The second kappa shape index (κ2) is 5.51. The Kier molecular flexibility index (Phi) is 3.79. The van der Waals surface area contributed by atoms with Gasteiger partial charge >= 0.3 is 0 Å². The third-order valence-corrected chi connectivity index (χ3v) is 2.93. The van der Waals surface area contributed by atoms with Gasteiger partial charge in [0.25, 0.3) is 0 Å². The zero-order chi connectivity index (χ0) is 12.1. The van der Waals surface area contributed by atoms with Crippen molar-refractivity contribution < 1.29 is 4.42 Å². The Hall–Kier alpha value is -1.79. The van der Waals surface area contributed by atoms with Crippen LogP contribution in [0.1, 0.15) is 12.0 Å². The number of para-hydroxylation sites is 1. The van der Waals surface area contributed by atoms with E-state index in [1.54, 1.807) is 0 Å². The largest absolute Gasteiger partial charge is 0.464 e. The minimum Gasteiger partial charge on any atom is -0.464 e. The number of furan rings is 1. The number of benzene rings is 1. The SMILES string of the molecule is CN(CCC#N)CCc1coc2ccccc12. The van der Waals surface area contributed by atoms with Gasteiger partial charge in [-0.1, -0.05) is 18.2 Å². The molecule has 17 heavy (non-hydrogen) atoms. The molecular weight excluding hydrogens is 212 g/mol. The molecular formula is C14H16N2O. The van der Waals surface area contributed by atoms with E-state index >= 15 is 0 Å². The summed E-state index contributed by atoms with van der Waals surface area (Å²) in [5.41, 5.74) is 2.19. The van der Waals surface area contributed by atoms with Crippen molar-refractivity contribution in [3.63, 3.8) is 0 Å². The third-order valence-electron chi connectivity index (χ3n) is 2.93. The Bertz CT molecular complexity index is 524. The topological polar surface area (TPSA) is 40.2 Å². The predicted octanol–water partition coefficient (Wildman–Crippen LogP) is 2.82. The lowest BCUT2D eigenvalue weighted by atomic mass is 10.1. The molecule has 0 bridgehead atoms. The van der Waals surface area contributed by atoms with Gasteiger partial charge in [0, 0.05) is 24.9 Å². The van der Waals surface area contributed by atoms with E-state index in [4.69, 9.17) is 9.68 Å². The van der Waals surface area contributed by atoms with E-state index in [9.17, 15) is 0 Å². The molecule has 0 amide bonds. The van der Waals surface area contributed by atoms with Crippen LogP contribution in [0.4, 0.5) is 0 Å². The molecule has 0 spiro atoms. The summed E-state index contributed by atoms with van der Waals surface area (Å²) in [5.74, 6) is 0. The molecule has 0 radical (unpaired) electrons. The number of nitriles is 1. The maximum Gasteiger partial charge on any atom is 0.134 e. The first-order valence-corrected chi connectivity index (χ1v) is 5.82. The van der Waals surface area contributed by atoms with Crippen molar-refractivity contribution in [3.8, 4) is 6.07 Å². The molecule has 2 rings (SSSR count). The first-order chi connectivity index (χ1) is 8.31. The monoisotopic (exact) mass is 228 g/mol. The van der Waals surface area contributed by atoms with E-state index in [2.05, 4.69) is 17.0 Å². The number of nitrogens with zero attached hydrogens (tertiary/aromatic N) is 2. The molecule has 3 heteroatoms. The molecule has 3 nitrogen and oxygen atoms in total. The van der Waals surface area contributed by atoms with Crippen LogP contribution in [0.2, 0.25) is 0 Å². The molecule has 1 aromatic carbocycles. The van der Waals surface area contributed by atoms with Crippen LogP contribution < -0.4 is 0 Å². The predicted molar refractivity (Wildman–Crippen MR) is 67.6 cm³/mol. The molecule has 2 aromatic rings. The summed E-state index contributed by atoms with van der Waals surface area (Å²) >= 11 is 0. The van der Waals surface area contributed by atoms with E-state index in [0.29, 0.717) is 6.42 Å². The standard InChI is InChI=1S/C14H16N2O/c1-16(9-4-8-15)10-7-12-11-17-14-6-3-2-5-13(12)14/h2-3,5-6,11H,4,7,9-10H2,1H3. The molecule has 0 aliphatic carbocycles. The fourth-order valence-corrected chi connectivity index (χ4v) is 1.89. The molecule has 0 fully saturated rings. The van der Waals surface area contributed by atoms with E-state index in [1.807, 2.05) is 31.5 Å². The quantitative estimate of drug-likeness (QED) is 0.790. The fraction of sp³-hybridized carbons (Fsp3) is 0.357. The van der Waals surface area contributed by atoms with Gasteiger partial charge in [0.05, 0.1) is 12.3 Å². The first-order valence-electron chi connectivity index (χ1n) is 5.82. The summed E-state index contributed by atoms with van der Waals surface area (Å²) < 4.78 is 5.49. The highest BCUT2D eigenvalue weighted by molar-refractivity contribution is 5.80. The van der Waals surface area contributed by atoms with Crippen LogP contribution in [0.5, 0.6) is 0 Å². The maximum absolute atomic E-state index is 8.52. The summed E-state index contributed by atoms with van der Waals surface area (Å²) in [4.78, 5) is 2.17. The Morgan fingerprint density at radius 3 is 2.94 bits per heavy atom. The van der Waals surface area contributed by atoms with Crippen molar-refractivity contribution in [3.05, 3.63) is 36.1 Å². The van der Waals surface area contributed by atoms with E-state index in [-0.39, 0.29) is 0 Å². The molecule has 0 atom stereocenters. The van der Waals surface area contributed by atoms with Crippen LogP contribution in [-0.2, 0) is 6.42 Å². The van der Waals surface area contributed by atoms with Crippen molar-refractivity contribution in [2.75, 3.05) is 20.1 Å². The summed E-state index contributed by atoms with van der Waals surface area (Å²) in [6.07, 6.45) is 3.38. The zero-order valence-corrected chi connectivity index (χ0v) is 10.0. The lowest BCUT2D eigenvalue weighted by Crippen LogP contribution is -2.22. The lowest BCUT2D eigenvalue weighted by Gasteiger charge is -2.13. The highest BCUT2D eigenvalue weighted by Gasteiger charge is 2.06. The second-order valence-corrected chi connectivity index (χ2v) is 4.22. The van der Waals surface area contributed by atoms with Gasteiger partial charge in [0.2, 0.25) is 0 Å². The number of likely N-dealkylation sites (N-methyl/N-ethyl adjacent to an activating group) is 1. The Labute approximate surface area is 101 Å². The minimum atomic E-state index is 0.586. The van der Waals surface area contributed by atoms with E-state index in [1.165, 1.54) is 10.9 Å². The van der Waals surface area contributed by atoms with Crippen LogP contribution in [0.3, 0.4) is 0 Å². The van der Waals surface area contributed by atoms with Gasteiger partial charge < -0.3 is 9.32 Å². The van der Waals surface area contributed by atoms with Crippen LogP contribution in [0.25, 0.3) is 11.0 Å². The normalized spacial score (nSPS) is 10.9. The molecule has 1 aromatic heterocycles. The Morgan fingerprint density at radius 2 is 2.12 bits per heavy atom. The van der Waals surface area contributed by atoms with Gasteiger partial charge in [0.15, 0.2) is 0 Å². The smallest absolute Gasteiger partial charge is 0.134 e. The average Bonchev–Trinajstić information content (AvgIpc) is 2.77. The number of fused-ring (bicyclic) bond motifs is 1. The second-order valence-electron chi connectivity index (χ2n) is 4.22. The van der Waals surface area contributed by atoms with Crippen LogP contribution in [-0.4, -0.2) is 25.0 Å². The van der Waals surface area contributed by atoms with Gasteiger partial charge in [-0.05, 0) is 25.1 Å². The molecule has 88 valence electrons. The first kappa shape index (κ1) is 11.7. The minimum absolute atomic E-state index is 0.586. The molecule has 0 N–H and O–H groups in total. The fourth-order valence-electron chi connectivity index (χ4n) is 1.89. The summed E-state index contributed by atoms with van der Waals surface area (Å²) in [7, 11) is 2.04. The summed E-state index contributed by atoms with van der Waals surface area (Å²) in [5, 5.41) is 9.71. The van der Waals surface area contributed by atoms with Crippen molar-refractivity contribution in [2.24, 2.45) is 0 Å². The van der Waals surface area contributed by atoms with Gasteiger partial charge in [-0.25, -0.2) is 0 Å². The highest BCUT2D eigenvalue weighted by atomic mass is 16.3. The zero-order valence-electron chi connectivity index (χ0n) is 10.0. The molecule has 1 heterocycles. The Balaban J connectivity index is 1.97. The molecule has 0 saturated carbocycles. The van der Waals surface area contributed by atoms with Crippen molar-refractivity contribution >= 4 is 11.0 Å². The van der Waals surface area contributed by atoms with Crippen LogP contribution in [0, 0.1) is 11.3 Å². The third kappa shape index (κ3) is 2.86. The Morgan fingerprint density at radius 1 is 1.29 bits per heavy atom. The summed E-state index contributed by atoms with van der Waals surface area (Å²) in [6, 6.07) is 10.2. The number of rotatable bonds is 5. The highest BCUT2D eigenvalue weighted by Crippen LogP contribution is 2.21. The van der Waals surface area contributed by atoms with Crippen molar-refractivity contribution in [1.82, 2.24) is 4.90 Å². The van der Waals surface area contributed by atoms with Gasteiger partial charge in [-0.3, -0.25) is 0 Å². The molecule has 0 aliphatic heterocycles. The van der Waals surface area contributed by atoms with Crippen molar-refractivity contribution in [1.29, 1.82) is 5.26 Å². The van der Waals surface area contributed by atoms with Crippen LogP contribution >= 0.6 is 0 Å². The molecule has 0 unspecified atom stereocenters. The number of hydrogen-bond donors (Lipinski definition) is 0. The molecule has 0 saturated heterocycles. The van der Waals surface area contributed by atoms with Gasteiger partial charge in [0.1, 0.15) is 5.58 Å². The van der Waals surface area contributed by atoms with Crippen LogP contribution in [0.15, 0.2) is 34.9 Å². The summed E-state index contributed by atoms with van der Waals surface area (Å²) in [6.45, 7) is 1.78. The van der Waals surface area contributed by atoms with E-state index in [0.717, 1.165) is 25.1 Å². The van der Waals surface area contributed by atoms with E-state index < -0.39 is 0 Å². The average molecular weight is 228 g/mol. The molecule has 0 aliphatic rings. The van der Waals surface area contributed by atoms with Gasteiger partial charge in [-0.2, -0.15) is 5.26 Å². The lowest BCUT2D eigenvalue weighted by molar-refractivity contribution is 0.346. The van der Waals surface area contributed by atoms with Crippen molar-refractivity contribution in [2.45, 2.75) is 12.8 Å². The van der Waals surface area contributed by atoms with Gasteiger partial charge in [-0.15, -0.1) is 0 Å². The maximum atomic E-state index is 8.52. The number of hydrogen-bond acceptors (Lipinski definition) is 3.